The molecular weight excluding hydrogens is 446 g/mol. The average molecular weight is 470 g/mol. The second-order valence-corrected chi connectivity index (χ2v) is 9.69. The van der Waals surface area contributed by atoms with Crippen molar-refractivity contribution in [1.82, 2.24) is 4.90 Å². The van der Waals surface area contributed by atoms with Crippen LogP contribution in [0.1, 0.15) is 32.6 Å². The first-order valence-electron chi connectivity index (χ1n) is 11.0. The number of hydrogen-bond acceptors (Lipinski definition) is 5. The summed E-state index contributed by atoms with van der Waals surface area (Å²) < 4.78 is 5.48. The lowest BCUT2D eigenvalue weighted by Gasteiger charge is -2.33. The summed E-state index contributed by atoms with van der Waals surface area (Å²) in [5, 5.41) is 9.29. The van der Waals surface area contributed by atoms with E-state index in [0.717, 1.165) is 22.4 Å². The topological polar surface area (TPSA) is 73.6 Å². The molecule has 5 rings (SSSR count). The van der Waals surface area contributed by atoms with Gasteiger partial charge in [-0.1, -0.05) is 29.8 Å². The number of hydrogen-bond donors (Lipinski definition) is 0. The molecule has 2 aliphatic heterocycles. The molecule has 3 aromatic carbocycles. The lowest BCUT2D eigenvalue weighted by Crippen LogP contribution is -2.50. The zero-order valence-electron chi connectivity index (χ0n) is 18.9. The number of amides is 2. The SMILES string of the molecule is COc1ccc2c(c1)C1(SCCN1C(=O)c1ccc(C)cc1)C(=O)N2Cc1cccc(C#N)c1. The number of ether oxygens (including phenoxy) is 1. The van der Waals surface area contributed by atoms with Crippen LogP contribution in [-0.4, -0.2) is 36.1 Å². The van der Waals surface area contributed by atoms with Crippen molar-refractivity contribution < 1.29 is 14.3 Å². The Hall–Kier alpha value is -3.76. The second-order valence-electron chi connectivity index (χ2n) is 8.40. The van der Waals surface area contributed by atoms with Crippen LogP contribution >= 0.6 is 11.8 Å². The van der Waals surface area contributed by atoms with Gasteiger partial charge < -0.3 is 14.5 Å². The molecule has 1 spiro atoms. The van der Waals surface area contributed by atoms with Crippen LogP contribution in [0.25, 0.3) is 0 Å². The number of nitriles is 1. The van der Waals surface area contributed by atoms with Crippen molar-refractivity contribution in [3.8, 4) is 11.8 Å². The number of thioether (sulfide) groups is 1. The van der Waals surface area contributed by atoms with Gasteiger partial charge in [0.05, 0.1) is 31.0 Å². The number of rotatable bonds is 4. The van der Waals surface area contributed by atoms with Crippen molar-refractivity contribution in [2.24, 2.45) is 0 Å². The van der Waals surface area contributed by atoms with Crippen LogP contribution in [0.15, 0.2) is 66.7 Å². The number of fused-ring (bicyclic) bond motifs is 2. The van der Waals surface area contributed by atoms with E-state index in [9.17, 15) is 14.9 Å². The molecule has 0 radical (unpaired) electrons. The molecule has 1 atom stereocenters. The number of anilines is 1. The fraction of sp³-hybridized carbons (Fsp3) is 0.222. The van der Waals surface area contributed by atoms with E-state index in [1.807, 2.05) is 61.5 Å². The molecule has 34 heavy (non-hydrogen) atoms. The first-order chi connectivity index (χ1) is 16.5. The number of nitrogens with zero attached hydrogens (tertiary/aromatic N) is 3. The Morgan fingerprint density at radius 1 is 1.15 bits per heavy atom. The fourth-order valence-corrected chi connectivity index (χ4v) is 6.10. The van der Waals surface area contributed by atoms with Crippen LogP contribution in [-0.2, 0) is 16.2 Å². The predicted octanol–water partition coefficient (Wildman–Crippen LogP) is 4.46. The van der Waals surface area contributed by atoms with E-state index in [0.29, 0.717) is 35.7 Å². The predicted molar refractivity (Wildman–Crippen MR) is 132 cm³/mol. The number of methoxy groups -OCH3 is 1. The highest BCUT2D eigenvalue weighted by molar-refractivity contribution is 8.01. The number of carbonyl (C=O) groups excluding carboxylic acids is 2. The van der Waals surface area contributed by atoms with Crippen LogP contribution < -0.4 is 9.64 Å². The van der Waals surface area contributed by atoms with Crippen LogP contribution in [0.5, 0.6) is 5.75 Å². The Balaban J connectivity index is 1.60. The molecule has 0 bridgehead atoms. The number of aryl methyl sites for hydroxylation is 1. The molecule has 1 fully saturated rings. The quantitative estimate of drug-likeness (QED) is 0.564. The van der Waals surface area contributed by atoms with Crippen LogP contribution in [0.2, 0.25) is 0 Å². The lowest BCUT2D eigenvalue weighted by molar-refractivity contribution is -0.123. The van der Waals surface area contributed by atoms with E-state index in [1.165, 1.54) is 11.8 Å². The minimum absolute atomic E-state index is 0.152. The van der Waals surface area contributed by atoms with Crippen LogP contribution in [0, 0.1) is 18.3 Å². The Morgan fingerprint density at radius 2 is 1.94 bits per heavy atom. The molecule has 0 N–H and O–H groups in total. The zero-order chi connectivity index (χ0) is 23.9. The minimum Gasteiger partial charge on any atom is -0.497 e. The third-order valence-electron chi connectivity index (χ3n) is 6.34. The van der Waals surface area contributed by atoms with Crippen LogP contribution in [0.3, 0.4) is 0 Å². The van der Waals surface area contributed by atoms with Gasteiger partial charge in [-0.25, -0.2) is 0 Å². The maximum Gasteiger partial charge on any atom is 0.268 e. The number of benzene rings is 3. The molecule has 3 aromatic rings. The summed E-state index contributed by atoms with van der Waals surface area (Å²) in [4.78, 5) is 30.1. The summed E-state index contributed by atoms with van der Waals surface area (Å²) in [6, 6.07) is 22.4. The van der Waals surface area contributed by atoms with E-state index in [2.05, 4.69) is 6.07 Å². The molecule has 170 valence electrons. The summed E-state index contributed by atoms with van der Waals surface area (Å²) in [6.45, 7) is 2.75. The Labute approximate surface area is 202 Å². The highest BCUT2D eigenvalue weighted by atomic mass is 32.2. The van der Waals surface area contributed by atoms with Crippen molar-refractivity contribution in [3.05, 3.63) is 94.5 Å². The van der Waals surface area contributed by atoms with E-state index in [4.69, 9.17) is 4.74 Å². The molecule has 7 heteroatoms. The summed E-state index contributed by atoms with van der Waals surface area (Å²) in [6.07, 6.45) is 0. The summed E-state index contributed by atoms with van der Waals surface area (Å²) in [5.74, 6) is 0.966. The summed E-state index contributed by atoms with van der Waals surface area (Å²) in [5.41, 5.74) is 4.54. The minimum atomic E-state index is -1.15. The van der Waals surface area contributed by atoms with Crippen molar-refractivity contribution >= 4 is 29.3 Å². The maximum atomic E-state index is 14.2. The molecule has 2 heterocycles. The van der Waals surface area contributed by atoms with Gasteiger partial charge in [-0.3, -0.25) is 9.59 Å². The second kappa shape index (κ2) is 8.54. The largest absolute Gasteiger partial charge is 0.497 e. The monoisotopic (exact) mass is 469 g/mol. The molecule has 2 aliphatic rings. The third-order valence-corrected chi connectivity index (χ3v) is 7.76. The van der Waals surface area contributed by atoms with E-state index in [1.54, 1.807) is 29.0 Å². The number of carbonyl (C=O) groups is 2. The first-order valence-corrected chi connectivity index (χ1v) is 12.0. The molecule has 0 aliphatic carbocycles. The van der Waals surface area contributed by atoms with Gasteiger partial charge in [0, 0.05) is 23.4 Å². The molecule has 0 saturated carbocycles. The highest BCUT2D eigenvalue weighted by Gasteiger charge is 2.59. The van der Waals surface area contributed by atoms with E-state index in [-0.39, 0.29) is 11.8 Å². The maximum absolute atomic E-state index is 14.2. The zero-order valence-corrected chi connectivity index (χ0v) is 19.8. The van der Waals surface area contributed by atoms with Crippen molar-refractivity contribution in [1.29, 1.82) is 5.26 Å². The molecule has 1 saturated heterocycles. The summed E-state index contributed by atoms with van der Waals surface area (Å²) in [7, 11) is 1.59. The Kier molecular flexibility index (Phi) is 5.54. The highest BCUT2D eigenvalue weighted by Crippen LogP contribution is 2.55. The molecule has 6 nitrogen and oxygen atoms in total. The summed E-state index contributed by atoms with van der Waals surface area (Å²) >= 11 is 1.48. The van der Waals surface area contributed by atoms with Gasteiger partial charge in [-0.2, -0.15) is 5.26 Å². The van der Waals surface area contributed by atoms with Gasteiger partial charge in [0.15, 0.2) is 4.87 Å². The van der Waals surface area contributed by atoms with Gasteiger partial charge >= 0.3 is 0 Å². The average Bonchev–Trinajstić information content (AvgIpc) is 3.41. The third kappa shape index (κ3) is 3.42. The van der Waals surface area contributed by atoms with Crippen LogP contribution in [0.4, 0.5) is 5.69 Å². The van der Waals surface area contributed by atoms with Crippen molar-refractivity contribution in [2.75, 3.05) is 24.3 Å². The fourth-order valence-electron chi connectivity index (χ4n) is 4.65. The van der Waals surface area contributed by atoms with Gasteiger partial charge in [0.25, 0.3) is 11.8 Å². The van der Waals surface area contributed by atoms with E-state index < -0.39 is 4.87 Å². The first kappa shape index (κ1) is 22.1. The standard InChI is InChI=1S/C27H23N3O3S/c1-18-6-8-21(9-7-18)25(31)30-12-13-34-27(30)23-15-22(33-2)10-11-24(23)29(26(27)32)17-20-5-3-4-19(14-20)16-28/h3-11,14-15H,12-13,17H2,1-2H3. The van der Waals surface area contributed by atoms with Crippen molar-refractivity contribution in [3.63, 3.8) is 0 Å². The Bertz CT molecular complexity index is 1330. The smallest absolute Gasteiger partial charge is 0.268 e. The van der Waals surface area contributed by atoms with Gasteiger partial charge in [0.2, 0.25) is 0 Å². The van der Waals surface area contributed by atoms with E-state index >= 15 is 0 Å². The molecular formula is C27H23N3O3S. The molecule has 0 aromatic heterocycles. The molecule has 1 unspecified atom stereocenters. The van der Waals surface area contributed by atoms with Gasteiger partial charge in [-0.05, 0) is 55.0 Å². The van der Waals surface area contributed by atoms with Crippen molar-refractivity contribution in [2.45, 2.75) is 18.3 Å². The molecule has 2 amide bonds. The normalized spacial score (nSPS) is 18.8. The lowest BCUT2D eigenvalue weighted by atomic mass is 10.0. The van der Waals surface area contributed by atoms with Gasteiger partial charge in [-0.15, -0.1) is 11.8 Å². The Morgan fingerprint density at radius 3 is 2.68 bits per heavy atom. The van der Waals surface area contributed by atoms with Gasteiger partial charge in [0.1, 0.15) is 5.75 Å².